The molecule has 1 heterocycles. The summed E-state index contributed by atoms with van der Waals surface area (Å²) in [6.45, 7) is 3.94. The van der Waals surface area contributed by atoms with E-state index in [4.69, 9.17) is 0 Å². The summed E-state index contributed by atoms with van der Waals surface area (Å²) in [7, 11) is 0. The molecule has 3 rings (SSSR count). The van der Waals surface area contributed by atoms with Crippen molar-refractivity contribution in [3.63, 3.8) is 0 Å². The van der Waals surface area contributed by atoms with E-state index in [-0.39, 0.29) is 11.4 Å². The number of halogens is 1. The van der Waals surface area contributed by atoms with E-state index in [1.54, 1.807) is 12.1 Å². The number of amides is 2. The molecule has 0 fully saturated rings. The quantitative estimate of drug-likeness (QED) is 0.683. The summed E-state index contributed by atoms with van der Waals surface area (Å²) in [4.78, 5) is 29.2. The third kappa shape index (κ3) is 4.40. The number of carbonyl (C=O) groups excluding carboxylic acids is 2. The Labute approximate surface area is 162 Å². The monoisotopic (exact) mass is 377 g/mol. The van der Waals surface area contributed by atoms with E-state index in [2.05, 4.69) is 15.6 Å². The van der Waals surface area contributed by atoms with Gasteiger partial charge < -0.3 is 10.6 Å². The molecule has 0 aliphatic carbocycles. The molecule has 3 aromatic rings. The average molecular weight is 377 g/mol. The van der Waals surface area contributed by atoms with Crippen molar-refractivity contribution in [2.75, 3.05) is 10.6 Å². The molecule has 0 atom stereocenters. The highest BCUT2D eigenvalue weighted by molar-refractivity contribution is 6.06. The van der Waals surface area contributed by atoms with Crippen molar-refractivity contribution < 1.29 is 14.0 Å². The van der Waals surface area contributed by atoms with Crippen LogP contribution in [0.15, 0.2) is 60.7 Å². The lowest BCUT2D eigenvalue weighted by Crippen LogP contribution is -2.19. The number of benzene rings is 2. The van der Waals surface area contributed by atoms with E-state index in [9.17, 15) is 14.0 Å². The molecule has 2 N–H and O–H groups in total. The first-order valence-corrected chi connectivity index (χ1v) is 8.91. The minimum absolute atomic E-state index is 0.0670. The molecular weight excluding hydrogens is 357 g/mol. The van der Waals surface area contributed by atoms with Crippen molar-refractivity contribution in [1.29, 1.82) is 0 Å². The lowest BCUT2D eigenvalue weighted by atomic mass is 10.1. The second kappa shape index (κ2) is 8.43. The van der Waals surface area contributed by atoms with Crippen LogP contribution < -0.4 is 10.6 Å². The van der Waals surface area contributed by atoms with Crippen LogP contribution >= 0.6 is 0 Å². The van der Waals surface area contributed by atoms with Gasteiger partial charge in [0.2, 0.25) is 0 Å². The Bertz CT molecular complexity index is 1030. The molecule has 0 aliphatic rings. The van der Waals surface area contributed by atoms with Crippen LogP contribution in [0.5, 0.6) is 0 Å². The number of nitrogens with zero attached hydrogens (tertiary/aromatic N) is 1. The number of aromatic nitrogens is 1. The zero-order valence-electron chi connectivity index (χ0n) is 15.6. The Hall–Kier alpha value is -3.54. The van der Waals surface area contributed by atoms with Gasteiger partial charge in [0.05, 0.1) is 0 Å². The van der Waals surface area contributed by atoms with Crippen molar-refractivity contribution in [2.24, 2.45) is 0 Å². The van der Waals surface area contributed by atoms with Gasteiger partial charge in [-0.25, -0.2) is 9.37 Å². The van der Waals surface area contributed by atoms with Gasteiger partial charge in [0, 0.05) is 11.4 Å². The molecule has 0 aliphatic heterocycles. The van der Waals surface area contributed by atoms with Crippen LogP contribution in [0.1, 0.15) is 39.0 Å². The Kier molecular flexibility index (Phi) is 5.79. The van der Waals surface area contributed by atoms with Gasteiger partial charge in [-0.2, -0.15) is 0 Å². The first-order valence-electron chi connectivity index (χ1n) is 8.91. The first kappa shape index (κ1) is 19.2. The maximum atomic E-state index is 13.3. The molecule has 28 heavy (non-hydrogen) atoms. The van der Waals surface area contributed by atoms with Gasteiger partial charge in [0.15, 0.2) is 0 Å². The van der Waals surface area contributed by atoms with Gasteiger partial charge in [-0.1, -0.05) is 37.3 Å². The average Bonchev–Trinajstić information content (AvgIpc) is 2.69. The molecule has 1 aromatic heterocycles. The number of pyridine rings is 1. The van der Waals surface area contributed by atoms with Gasteiger partial charge in [-0.3, -0.25) is 9.59 Å². The largest absolute Gasteiger partial charge is 0.321 e. The Morgan fingerprint density at radius 2 is 1.57 bits per heavy atom. The third-order valence-electron chi connectivity index (χ3n) is 4.28. The summed E-state index contributed by atoms with van der Waals surface area (Å²) in [6.07, 6.45) is 0.779. The maximum absolute atomic E-state index is 13.3. The van der Waals surface area contributed by atoms with Gasteiger partial charge in [0.1, 0.15) is 17.2 Å². The lowest BCUT2D eigenvalue weighted by molar-refractivity contribution is 0.101. The van der Waals surface area contributed by atoms with Crippen LogP contribution in [0.3, 0.4) is 0 Å². The van der Waals surface area contributed by atoms with Crippen LogP contribution in [0.4, 0.5) is 15.8 Å². The van der Waals surface area contributed by atoms with Crippen LogP contribution in [-0.2, 0) is 6.42 Å². The summed E-state index contributed by atoms with van der Waals surface area (Å²) in [5.74, 6) is -1.38. The summed E-state index contributed by atoms with van der Waals surface area (Å²) in [5.41, 5.74) is 3.23. The smallest absolute Gasteiger partial charge is 0.274 e. The Morgan fingerprint density at radius 3 is 2.25 bits per heavy atom. The molecule has 0 unspecified atom stereocenters. The fourth-order valence-electron chi connectivity index (χ4n) is 2.83. The molecule has 0 radical (unpaired) electrons. The molecule has 2 aromatic carbocycles. The Morgan fingerprint density at radius 1 is 0.929 bits per heavy atom. The van der Waals surface area contributed by atoms with Crippen molar-refractivity contribution in [3.8, 4) is 0 Å². The van der Waals surface area contributed by atoms with Crippen molar-refractivity contribution >= 4 is 23.2 Å². The molecule has 0 saturated carbocycles. The standard InChI is InChI=1S/C22H20FN3O2/c1-3-15-8-4-7-14(2)20(15)26-22(28)19-12-6-11-18(25-19)21(27)24-17-10-5-9-16(23)13-17/h4-13H,3H2,1-2H3,(H,24,27)(H,26,28). The highest BCUT2D eigenvalue weighted by atomic mass is 19.1. The number of para-hydroxylation sites is 1. The van der Waals surface area contributed by atoms with Crippen LogP contribution in [0, 0.1) is 12.7 Å². The van der Waals surface area contributed by atoms with E-state index < -0.39 is 17.6 Å². The van der Waals surface area contributed by atoms with E-state index in [0.29, 0.717) is 5.69 Å². The number of rotatable bonds is 5. The molecule has 0 spiro atoms. The van der Waals surface area contributed by atoms with Crippen LogP contribution in [0.25, 0.3) is 0 Å². The fraction of sp³-hybridized carbons (Fsp3) is 0.136. The van der Waals surface area contributed by atoms with E-state index >= 15 is 0 Å². The number of carbonyl (C=O) groups is 2. The third-order valence-corrected chi connectivity index (χ3v) is 4.28. The first-order chi connectivity index (χ1) is 13.5. The highest BCUT2D eigenvalue weighted by Crippen LogP contribution is 2.21. The molecule has 5 nitrogen and oxygen atoms in total. The molecule has 142 valence electrons. The van der Waals surface area contributed by atoms with Gasteiger partial charge in [-0.15, -0.1) is 0 Å². The topological polar surface area (TPSA) is 71.1 Å². The molecule has 0 saturated heterocycles. The number of nitrogens with one attached hydrogen (secondary N) is 2. The normalized spacial score (nSPS) is 10.4. The predicted molar refractivity (Wildman–Crippen MR) is 107 cm³/mol. The summed E-state index contributed by atoms with van der Waals surface area (Å²) >= 11 is 0. The highest BCUT2D eigenvalue weighted by Gasteiger charge is 2.15. The van der Waals surface area contributed by atoms with E-state index in [1.165, 1.54) is 30.3 Å². The minimum Gasteiger partial charge on any atom is -0.321 e. The molecule has 6 heteroatoms. The van der Waals surface area contributed by atoms with Gasteiger partial charge in [-0.05, 0) is 54.8 Å². The predicted octanol–water partition coefficient (Wildman–Crippen LogP) is 4.60. The van der Waals surface area contributed by atoms with Crippen LogP contribution in [-0.4, -0.2) is 16.8 Å². The van der Waals surface area contributed by atoms with Crippen molar-refractivity contribution in [2.45, 2.75) is 20.3 Å². The fourth-order valence-corrected chi connectivity index (χ4v) is 2.83. The van der Waals surface area contributed by atoms with E-state index in [1.807, 2.05) is 32.0 Å². The summed E-state index contributed by atoms with van der Waals surface area (Å²) < 4.78 is 13.3. The Balaban J connectivity index is 1.79. The maximum Gasteiger partial charge on any atom is 0.274 e. The van der Waals surface area contributed by atoms with E-state index in [0.717, 1.165) is 23.2 Å². The number of hydrogen-bond acceptors (Lipinski definition) is 3. The molecule has 2 amide bonds. The lowest BCUT2D eigenvalue weighted by Gasteiger charge is -2.13. The zero-order valence-corrected chi connectivity index (χ0v) is 15.6. The van der Waals surface area contributed by atoms with Crippen LogP contribution in [0.2, 0.25) is 0 Å². The molecule has 0 bridgehead atoms. The SMILES string of the molecule is CCc1cccc(C)c1NC(=O)c1cccc(C(=O)Nc2cccc(F)c2)n1. The van der Waals surface area contributed by atoms with Crippen molar-refractivity contribution in [1.82, 2.24) is 4.98 Å². The number of anilines is 2. The van der Waals surface area contributed by atoms with Gasteiger partial charge >= 0.3 is 0 Å². The number of hydrogen-bond donors (Lipinski definition) is 2. The van der Waals surface area contributed by atoms with Crippen molar-refractivity contribution in [3.05, 3.63) is 89.0 Å². The summed E-state index contributed by atoms with van der Waals surface area (Å²) in [5, 5.41) is 5.46. The minimum atomic E-state index is -0.523. The summed E-state index contributed by atoms with van der Waals surface area (Å²) in [6, 6.07) is 16.0. The second-order valence-corrected chi connectivity index (χ2v) is 6.29. The molecular formula is C22H20FN3O2. The zero-order chi connectivity index (χ0) is 20.1. The second-order valence-electron chi connectivity index (χ2n) is 6.29. The number of aryl methyl sites for hydroxylation is 2. The van der Waals surface area contributed by atoms with Gasteiger partial charge in [0.25, 0.3) is 11.8 Å².